The Labute approximate surface area is 234 Å². The normalized spacial score (nSPS) is 43.0. The van der Waals surface area contributed by atoms with Crippen LogP contribution in [0.1, 0.15) is 97.8 Å². The number of rotatable bonds is 10. The number of aliphatic hydroxyl groups excluding tert-OH is 3. The predicted molar refractivity (Wildman–Crippen MR) is 149 cm³/mol. The number of hydrogen-bond donors (Lipinski definition) is 5. The van der Waals surface area contributed by atoms with Gasteiger partial charge in [0.2, 0.25) is 5.91 Å². The van der Waals surface area contributed by atoms with Crippen molar-refractivity contribution < 1.29 is 29.6 Å². The monoisotopic (exact) mass is 550 g/mol. The highest BCUT2D eigenvalue weighted by Gasteiger charge is 2.65. The van der Waals surface area contributed by atoms with Gasteiger partial charge < -0.3 is 31.1 Å². The molecular formula is C31H54N2O6. The first kappa shape index (κ1) is 30.7. The van der Waals surface area contributed by atoms with Gasteiger partial charge in [-0.3, -0.25) is 4.79 Å². The van der Waals surface area contributed by atoms with Gasteiger partial charge >= 0.3 is 5.97 Å². The Morgan fingerprint density at radius 3 is 2.46 bits per heavy atom. The number of methoxy groups -OCH3 is 1. The number of carbonyl (C=O) groups is 2. The van der Waals surface area contributed by atoms with Gasteiger partial charge in [-0.25, -0.2) is 4.79 Å². The van der Waals surface area contributed by atoms with E-state index in [-0.39, 0.29) is 58.5 Å². The molecule has 6 N–H and O–H groups in total. The fraction of sp³-hybridized carbons (Fsp3) is 0.935. The molecule has 4 saturated carbocycles. The lowest BCUT2D eigenvalue weighted by Crippen LogP contribution is -2.62. The van der Waals surface area contributed by atoms with Crippen molar-refractivity contribution in [3.8, 4) is 0 Å². The number of unbranched alkanes of at least 4 members (excludes halogenated alkanes) is 1. The summed E-state index contributed by atoms with van der Waals surface area (Å²) in [5, 5.41) is 36.4. The molecule has 0 bridgehead atoms. The molecule has 0 aromatic heterocycles. The minimum absolute atomic E-state index is 0.0631. The van der Waals surface area contributed by atoms with Gasteiger partial charge in [0.25, 0.3) is 0 Å². The number of fused-ring (bicyclic) bond motifs is 5. The van der Waals surface area contributed by atoms with E-state index in [0.717, 1.165) is 51.4 Å². The smallest absolute Gasteiger partial charge is 0.328 e. The van der Waals surface area contributed by atoms with Crippen molar-refractivity contribution in [3.63, 3.8) is 0 Å². The van der Waals surface area contributed by atoms with Crippen molar-refractivity contribution in [2.45, 2.75) is 122 Å². The zero-order valence-corrected chi connectivity index (χ0v) is 24.6. The molecule has 12 atom stereocenters. The van der Waals surface area contributed by atoms with Crippen molar-refractivity contribution in [3.05, 3.63) is 0 Å². The second kappa shape index (κ2) is 12.3. The predicted octanol–water partition coefficient (Wildman–Crippen LogP) is 3.15. The molecule has 4 aliphatic carbocycles. The third-order valence-electron chi connectivity index (χ3n) is 12.1. The van der Waals surface area contributed by atoms with Gasteiger partial charge in [-0.05, 0) is 124 Å². The van der Waals surface area contributed by atoms with E-state index in [2.05, 4.69) is 26.1 Å². The molecule has 0 aromatic rings. The number of aliphatic hydroxyl groups is 3. The Balaban J connectivity index is 1.41. The first-order valence-corrected chi connectivity index (χ1v) is 15.6. The molecule has 8 heteroatoms. The van der Waals surface area contributed by atoms with Gasteiger partial charge in [-0.15, -0.1) is 0 Å². The van der Waals surface area contributed by atoms with Crippen molar-refractivity contribution in [2.75, 3.05) is 13.7 Å². The van der Waals surface area contributed by atoms with Crippen LogP contribution in [-0.2, 0) is 14.3 Å². The Bertz CT molecular complexity index is 870. The largest absolute Gasteiger partial charge is 0.467 e. The molecular weight excluding hydrogens is 496 g/mol. The molecule has 4 fully saturated rings. The van der Waals surface area contributed by atoms with Crippen LogP contribution in [0.15, 0.2) is 0 Å². The van der Waals surface area contributed by atoms with E-state index in [0.29, 0.717) is 38.1 Å². The second-order valence-corrected chi connectivity index (χ2v) is 14.0. The zero-order chi connectivity index (χ0) is 28.5. The summed E-state index contributed by atoms with van der Waals surface area (Å²) in [7, 11) is 1.34. The summed E-state index contributed by atoms with van der Waals surface area (Å²) >= 11 is 0. The van der Waals surface area contributed by atoms with Crippen LogP contribution in [-0.4, -0.2) is 65.2 Å². The van der Waals surface area contributed by atoms with Crippen LogP contribution >= 0.6 is 0 Å². The number of ether oxygens (including phenoxy) is 1. The third-order valence-corrected chi connectivity index (χ3v) is 12.1. The number of amides is 1. The average molecular weight is 551 g/mol. The lowest BCUT2D eigenvalue weighted by molar-refractivity contribution is -0.207. The summed E-state index contributed by atoms with van der Waals surface area (Å²) in [5.41, 5.74) is 5.35. The van der Waals surface area contributed by atoms with Crippen LogP contribution in [0.25, 0.3) is 0 Å². The maximum atomic E-state index is 12.8. The van der Waals surface area contributed by atoms with Gasteiger partial charge in [0, 0.05) is 6.42 Å². The molecule has 0 heterocycles. The Morgan fingerprint density at radius 2 is 1.77 bits per heavy atom. The van der Waals surface area contributed by atoms with Crippen molar-refractivity contribution in [1.82, 2.24) is 5.32 Å². The minimum atomic E-state index is -0.645. The van der Waals surface area contributed by atoms with Gasteiger partial charge in [0.15, 0.2) is 0 Å². The molecule has 8 nitrogen and oxygen atoms in total. The molecule has 224 valence electrons. The van der Waals surface area contributed by atoms with E-state index in [1.54, 1.807) is 0 Å². The summed E-state index contributed by atoms with van der Waals surface area (Å²) in [5.74, 6) is 0.985. The Kier molecular flexibility index (Phi) is 9.72. The molecule has 0 unspecified atom stereocenters. The van der Waals surface area contributed by atoms with Crippen LogP contribution in [0.2, 0.25) is 0 Å². The van der Waals surface area contributed by atoms with Gasteiger partial charge in [0.1, 0.15) is 6.04 Å². The van der Waals surface area contributed by atoms with Crippen molar-refractivity contribution in [2.24, 2.45) is 52.1 Å². The fourth-order valence-corrected chi connectivity index (χ4v) is 9.84. The molecule has 0 spiro atoms. The van der Waals surface area contributed by atoms with Crippen LogP contribution in [0.4, 0.5) is 0 Å². The van der Waals surface area contributed by atoms with E-state index in [1.165, 1.54) is 7.11 Å². The minimum Gasteiger partial charge on any atom is -0.467 e. The molecule has 0 radical (unpaired) electrons. The first-order chi connectivity index (χ1) is 18.5. The van der Waals surface area contributed by atoms with Crippen LogP contribution in [0.3, 0.4) is 0 Å². The lowest BCUT2D eigenvalue weighted by atomic mass is 9.43. The summed E-state index contributed by atoms with van der Waals surface area (Å²) in [6, 6.07) is -0.645. The average Bonchev–Trinajstić information content (AvgIpc) is 3.26. The second-order valence-electron chi connectivity index (χ2n) is 14.0. The van der Waals surface area contributed by atoms with E-state index in [9.17, 15) is 24.9 Å². The molecule has 0 aliphatic heterocycles. The topological polar surface area (TPSA) is 142 Å². The van der Waals surface area contributed by atoms with Crippen molar-refractivity contribution >= 4 is 11.9 Å². The van der Waals surface area contributed by atoms with Crippen LogP contribution in [0, 0.1) is 46.3 Å². The highest BCUT2D eigenvalue weighted by molar-refractivity contribution is 5.84. The summed E-state index contributed by atoms with van der Waals surface area (Å²) in [4.78, 5) is 25.0. The SMILES string of the molecule is COC(=O)[C@H](CCCCN)NC(=O)CC[C@@H](C)[C@H]1CC[C@H]2[C@@H]3[C@H](O)C[C@@H]4C[C@H](O)CC[C@]4(C)[C@H]3C[C@H](O)[C@]12C. The standard InChI is InChI=1S/C31H54N2O6/c1-18(8-11-27(37)33-24(29(38)39-4)7-5-6-14-32)21-9-10-22-28-23(17-26(36)31(21,22)3)30(2)13-12-20(34)15-19(30)16-25(28)35/h18-26,28,34-36H,5-17,32H2,1-4H3,(H,33,37)/t18-,19+,20-,21-,22+,23+,24+,25-,26+,28+,30+,31-/m1/s1. The molecule has 0 saturated heterocycles. The molecule has 39 heavy (non-hydrogen) atoms. The van der Waals surface area contributed by atoms with E-state index in [4.69, 9.17) is 10.5 Å². The third kappa shape index (κ3) is 5.77. The molecule has 4 aliphatic rings. The summed E-state index contributed by atoms with van der Waals surface area (Å²) in [6.07, 6.45) is 8.01. The molecule has 4 rings (SSSR count). The number of nitrogens with two attached hydrogens (primary N) is 1. The maximum Gasteiger partial charge on any atom is 0.328 e. The zero-order valence-electron chi connectivity index (χ0n) is 24.6. The van der Waals surface area contributed by atoms with Gasteiger partial charge in [0.05, 0.1) is 25.4 Å². The van der Waals surface area contributed by atoms with E-state index < -0.39 is 18.1 Å². The number of hydrogen-bond acceptors (Lipinski definition) is 7. The highest BCUT2D eigenvalue weighted by atomic mass is 16.5. The molecule has 1 amide bonds. The van der Waals surface area contributed by atoms with Gasteiger partial charge in [-0.2, -0.15) is 0 Å². The first-order valence-electron chi connectivity index (χ1n) is 15.6. The molecule has 0 aromatic carbocycles. The summed E-state index contributed by atoms with van der Waals surface area (Å²) < 4.78 is 4.89. The number of carbonyl (C=O) groups excluding carboxylic acids is 2. The van der Waals surface area contributed by atoms with Gasteiger partial charge in [-0.1, -0.05) is 20.8 Å². The number of nitrogens with one attached hydrogen (secondary N) is 1. The lowest BCUT2D eigenvalue weighted by Gasteiger charge is -2.63. The van der Waals surface area contributed by atoms with Crippen LogP contribution in [0.5, 0.6) is 0 Å². The maximum absolute atomic E-state index is 12.8. The quantitative estimate of drug-likeness (QED) is 0.208. The van der Waals surface area contributed by atoms with E-state index >= 15 is 0 Å². The van der Waals surface area contributed by atoms with Crippen LogP contribution < -0.4 is 11.1 Å². The Hall–Kier alpha value is -1.22. The number of esters is 1. The fourth-order valence-electron chi connectivity index (χ4n) is 9.84. The highest BCUT2D eigenvalue weighted by Crippen LogP contribution is 2.68. The van der Waals surface area contributed by atoms with E-state index in [1.807, 2.05) is 0 Å². The Morgan fingerprint density at radius 1 is 1.03 bits per heavy atom. The summed E-state index contributed by atoms with van der Waals surface area (Å²) in [6.45, 7) is 7.34. The van der Waals surface area contributed by atoms with Crippen molar-refractivity contribution in [1.29, 1.82) is 0 Å².